The minimum atomic E-state index is -5.14. The van der Waals surface area contributed by atoms with Crippen LogP contribution >= 0.6 is 0 Å². The first-order valence-electron chi connectivity index (χ1n) is 11.0. The van der Waals surface area contributed by atoms with Crippen molar-refractivity contribution in [1.82, 2.24) is 10.2 Å². The number of ketones is 1. The predicted octanol–water partition coefficient (Wildman–Crippen LogP) is 1.25. The van der Waals surface area contributed by atoms with Gasteiger partial charge in [0, 0.05) is 30.3 Å². The molecule has 3 N–H and O–H groups in total. The summed E-state index contributed by atoms with van der Waals surface area (Å²) in [6.45, 7) is -0.0630. The van der Waals surface area contributed by atoms with Crippen molar-refractivity contribution in [3.05, 3.63) is 0 Å². The summed E-state index contributed by atoms with van der Waals surface area (Å²) in [7, 11) is 0. The smallest absolute Gasteiger partial charge is 0.368 e. The lowest BCUT2D eigenvalue weighted by molar-refractivity contribution is -0.339. The van der Waals surface area contributed by atoms with Crippen LogP contribution in [0, 0.1) is 23.2 Å². The molecule has 3 amide bonds. The summed E-state index contributed by atoms with van der Waals surface area (Å²) in [5.41, 5.74) is 4.11. The van der Waals surface area contributed by atoms with E-state index in [9.17, 15) is 45.5 Å². The lowest BCUT2D eigenvalue weighted by atomic mass is 9.74. The van der Waals surface area contributed by atoms with Gasteiger partial charge in [-0.1, -0.05) is 6.92 Å². The number of halogens is 6. The fourth-order valence-electron chi connectivity index (χ4n) is 5.54. The molecule has 0 spiro atoms. The molecule has 3 aliphatic rings. The minimum Gasteiger partial charge on any atom is -0.368 e. The second-order valence-corrected chi connectivity index (χ2v) is 9.04. The molecule has 0 aromatic carbocycles. The Bertz CT molecular complexity index is 880. The van der Waals surface area contributed by atoms with Gasteiger partial charge in [-0.3, -0.25) is 28.7 Å². The number of amides is 3. The normalized spacial score (nSPS) is 30.0. The highest BCUT2D eigenvalue weighted by Crippen LogP contribution is 2.67. The average molecular weight is 517 g/mol. The number of Topliss-reactive ketones (excluding diaryl/α,β-unsaturated/α-hetero) is 1. The van der Waals surface area contributed by atoms with E-state index in [-0.39, 0.29) is 32.4 Å². The van der Waals surface area contributed by atoms with Crippen LogP contribution < -0.4 is 11.1 Å². The molecular weight excluding hydrogens is 492 g/mol. The van der Waals surface area contributed by atoms with Gasteiger partial charge >= 0.3 is 12.7 Å². The molecule has 0 bridgehead atoms. The van der Waals surface area contributed by atoms with E-state index in [1.165, 1.54) is 6.92 Å². The number of fused-ring (bicyclic) bond motifs is 1. The summed E-state index contributed by atoms with van der Waals surface area (Å²) >= 11 is 0. The summed E-state index contributed by atoms with van der Waals surface area (Å²) in [5.74, 6) is -6.38. The van der Waals surface area contributed by atoms with Crippen LogP contribution in [0.25, 0.3) is 0 Å². The molecule has 3 rings (SSSR count). The van der Waals surface area contributed by atoms with Gasteiger partial charge in [-0.2, -0.15) is 0 Å². The third-order valence-electron chi connectivity index (χ3n) is 7.01. The third-order valence-corrected chi connectivity index (χ3v) is 7.01. The first-order valence-corrected chi connectivity index (χ1v) is 11.0. The second kappa shape index (κ2) is 9.56. The number of primary amides is 1. The molecule has 0 aromatic rings. The van der Waals surface area contributed by atoms with E-state index < -0.39 is 78.2 Å². The third kappa shape index (κ3) is 5.71. The molecule has 0 radical (unpaired) electrons. The number of likely N-dealkylation sites (tertiary alicyclic amines) is 1. The lowest BCUT2D eigenvalue weighted by Gasteiger charge is -2.36. The van der Waals surface area contributed by atoms with Gasteiger partial charge in [-0.05, 0) is 31.6 Å². The second-order valence-electron chi connectivity index (χ2n) is 9.04. The summed E-state index contributed by atoms with van der Waals surface area (Å²) in [6, 6.07) is -1.56. The van der Waals surface area contributed by atoms with Crippen LogP contribution in [-0.2, 0) is 28.7 Å². The number of nitrogens with two attached hydrogens (primary N) is 1. The average Bonchev–Trinajstić information content (AvgIpc) is 3.11. The van der Waals surface area contributed by atoms with Crippen LogP contribution in [0.2, 0.25) is 0 Å². The molecule has 1 saturated carbocycles. The molecular formula is C20H25F6N3O6. The van der Waals surface area contributed by atoms with Crippen LogP contribution in [0.15, 0.2) is 0 Å². The Kier molecular flexibility index (Phi) is 7.42. The number of rotatable bonds is 10. The van der Waals surface area contributed by atoms with Gasteiger partial charge in [-0.15, -0.1) is 26.3 Å². The topological polar surface area (TPSA) is 128 Å². The number of piperidine rings is 1. The van der Waals surface area contributed by atoms with Gasteiger partial charge in [0.1, 0.15) is 18.8 Å². The van der Waals surface area contributed by atoms with Gasteiger partial charge in [0.05, 0.1) is 0 Å². The van der Waals surface area contributed by atoms with Crippen LogP contribution in [0.1, 0.15) is 32.6 Å². The van der Waals surface area contributed by atoms with E-state index in [1.807, 2.05) is 0 Å². The molecule has 35 heavy (non-hydrogen) atoms. The van der Waals surface area contributed by atoms with E-state index in [1.54, 1.807) is 0 Å². The maximum absolute atomic E-state index is 12.9. The standard InChI is InChI=1S/C20H25F6N3O6/c1-2-13(35-20(24,25)26)17(33)29-7-10-6-18(10,14(29)15(27)31)11(5-9-3-4-28-16(9)32)12(30)8-34-19(21,22)23/h9-11,13-14H,2-8H2,1H3,(H2,27,31)(H,28,32)/t9-,10?,11-,13-,14?,18?/m1/s1. The predicted molar refractivity (Wildman–Crippen MR) is 103 cm³/mol. The Hall–Kier alpha value is -2.42. The molecule has 2 heterocycles. The summed E-state index contributed by atoms with van der Waals surface area (Å²) in [4.78, 5) is 51.2. The van der Waals surface area contributed by atoms with E-state index in [2.05, 4.69) is 14.8 Å². The fourth-order valence-corrected chi connectivity index (χ4v) is 5.54. The maximum Gasteiger partial charge on any atom is 0.523 e. The maximum atomic E-state index is 12.9. The quantitative estimate of drug-likeness (QED) is 0.420. The van der Waals surface area contributed by atoms with E-state index in [4.69, 9.17) is 5.73 Å². The largest absolute Gasteiger partial charge is 0.523 e. The first-order chi connectivity index (χ1) is 16.1. The van der Waals surface area contributed by atoms with Crippen LogP contribution in [0.5, 0.6) is 0 Å². The molecule has 2 aliphatic heterocycles. The molecule has 198 valence electrons. The first kappa shape index (κ1) is 27.2. The number of hydrogen-bond donors (Lipinski definition) is 2. The molecule has 3 fully saturated rings. The van der Waals surface area contributed by atoms with E-state index in [0.29, 0.717) is 6.42 Å². The fraction of sp³-hybridized carbons (Fsp3) is 0.800. The zero-order valence-electron chi connectivity index (χ0n) is 18.6. The Labute approximate surface area is 195 Å². The molecule has 6 atom stereocenters. The number of ether oxygens (including phenoxy) is 2. The van der Waals surface area contributed by atoms with Crippen molar-refractivity contribution in [1.29, 1.82) is 0 Å². The van der Waals surface area contributed by atoms with Crippen molar-refractivity contribution >= 4 is 23.5 Å². The number of carbonyl (C=O) groups excluding carboxylic acids is 4. The number of carbonyl (C=O) groups is 4. The van der Waals surface area contributed by atoms with Crippen LogP contribution in [-0.4, -0.2) is 73.0 Å². The molecule has 2 saturated heterocycles. The number of hydrogen-bond acceptors (Lipinski definition) is 6. The SMILES string of the molecule is CC[C@@H](OC(F)(F)F)C(=O)N1CC2CC2([C@H](C[C@H]2CCNC2=O)C(=O)COC(F)(F)F)C1C(N)=O. The minimum absolute atomic E-state index is 0.123. The van der Waals surface area contributed by atoms with E-state index in [0.717, 1.165) is 4.90 Å². The lowest BCUT2D eigenvalue weighted by Crippen LogP contribution is -2.55. The van der Waals surface area contributed by atoms with E-state index >= 15 is 0 Å². The Morgan fingerprint density at radius 1 is 1.20 bits per heavy atom. The number of nitrogens with zero attached hydrogens (tertiary/aromatic N) is 1. The molecule has 3 unspecified atom stereocenters. The zero-order valence-corrected chi connectivity index (χ0v) is 18.6. The molecule has 1 aliphatic carbocycles. The van der Waals surface area contributed by atoms with Gasteiger partial charge in [0.15, 0.2) is 5.78 Å². The van der Waals surface area contributed by atoms with Crippen molar-refractivity contribution in [2.45, 2.75) is 57.5 Å². The van der Waals surface area contributed by atoms with Crippen molar-refractivity contribution in [3.63, 3.8) is 0 Å². The van der Waals surface area contributed by atoms with Crippen molar-refractivity contribution in [3.8, 4) is 0 Å². The van der Waals surface area contributed by atoms with Crippen LogP contribution in [0.3, 0.4) is 0 Å². The van der Waals surface area contributed by atoms with Gasteiger partial charge in [-0.25, -0.2) is 0 Å². The van der Waals surface area contributed by atoms with Crippen molar-refractivity contribution in [2.75, 3.05) is 19.7 Å². The highest BCUT2D eigenvalue weighted by molar-refractivity contribution is 5.93. The van der Waals surface area contributed by atoms with Gasteiger partial charge in [0.2, 0.25) is 11.8 Å². The summed E-state index contributed by atoms with van der Waals surface area (Å²) in [5, 5.41) is 2.55. The molecule has 15 heteroatoms. The number of alkyl halides is 6. The van der Waals surface area contributed by atoms with Gasteiger partial charge in [0.25, 0.3) is 5.91 Å². The van der Waals surface area contributed by atoms with Crippen LogP contribution in [0.4, 0.5) is 26.3 Å². The van der Waals surface area contributed by atoms with Gasteiger partial charge < -0.3 is 16.0 Å². The summed E-state index contributed by atoms with van der Waals surface area (Å²) in [6.07, 6.45) is -12.4. The molecule has 9 nitrogen and oxygen atoms in total. The van der Waals surface area contributed by atoms with Crippen molar-refractivity contribution in [2.24, 2.45) is 28.9 Å². The summed E-state index contributed by atoms with van der Waals surface area (Å²) < 4.78 is 83.6. The molecule has 0 aromatic heterocycles. The Balaban J connectivity index is 1.91. The monoisotopic (exact) mass is 517 g/mol. The van der Waals surface area contributed by atoms with Crippen molar-refractivity contribution < 1.29 is 55.0 Å². The zero-order chi connectivity index (χ0) is 26.3. The Morgan fingerprint density at radius 3 is 2.34 bits per heavy atom. The Morgan fingerprint density at radius 2 is 1.86 bits per heavy atom. The number of nitrogens with one attached hydrogen (secondary N) is 1. The highest BCUT2D eigenvalue weighted by Gasteiger charge is 2.73. The highest BCUT2D eigenvalue weighted by atomic mass is 19.4.